The topological polar surface area (TPSA) is 58.2 Å². The first kappa shape index (κ1) is 13.2. The van der Waals surface area contributed by atoms with E-state index in [4.69, 9.17) is 6.42 Å². The van der Waals surface area contributed by atoms with E-state index < -0.39 is 0 Å². The molecule has 4 nitrogen and oxygen atoms in total. The Hall–Kier alpha value is -2.28. The maximum absolute atomic E-state index is 12.1. The zero-order chi connectivity index (χ0) is 13.8. The number of carbonyl (C=O) groups is 2. The third kappa shape index (κ3) is 2.94. The fourth-order valence-corrected chi connectivity index (χ4v) is 2.06. The van der Waals surface area contributed by atoms with Gasteiger partial charge < -0.3 is 10.6 Å². The Bertz CT molecular complexity index is 558. The van der Waals surface area contributed by atoms with E-state index in [1.54, 1.807) is 12.1 Å². The van der Waals surface area contributed by atoms with E-state index in [0.29, 0.717) is 18.4 Å². The van der Waals surface area contributed by atoms with Crippen molar-refractivity contribution in [3.05, 3.63) is 29.3 Å². The van der Waals surface area contributed by atoms with Gasteiger partial charge >= 0.3 is 0 Å². The van der Waals surface area contributed by atoms with E-state index >= 15 is 0 Å². The number of rotatable bonds is 4. The van der Waals surface area contributed by atoms with Gasteiger partial charge in [-0.2, -0.15) is 0 Å². The lowest BCUT2D eigenvalue weighted by molar-refractivity contribution is -0.115. The summed E-state index contributed by atoms with van der Waals surface area (Å²) >= 11 is 0. The zero-order valence-corrected chi connectivity index (χ0v) is 10.8. The Kier molecular flexibility index (Phi) is 3.86. The lowest BCUT2D eigenvalue weighted by Gasteiger charge is -2.14. The molecule has 0 aromatic heterocycles. The molecular weight excluding hydrogens is 240 g/mol. The van der Waals surface area contributed by atoms with E-state index in [1.807, 2.05) is 13.0 Å². The molecule has 2 amide bonds. The zero-order valence-electron chi connectivity index (χ0n) is 10.8. The summed E-state index contributed by atoms with van der Waals surface area (Å²) in [5.41, 5.74) is 2.19. The Balaban J connectivity index is 2.10. The maximum Gasteiger partial charge on any atom is 0.251 e. The molecule has 1 heterocycles. The fraction of sp³-hybridized carbons (Fsp3) is 0.333. The minimum atomic E-state index is -0.161. The summed E-state index contributed by atoms with van der Waals surface area (Å²) in [6.07, 6.45) is 6.95. The first-order valence-corrected chi connectivity index (χ1v) is 6.31. The van der Waals surface area contributed by atoms with Gasteiger partial charge in [-0.15, -0.1) is 12.3 Å². The quantitative estimate of drug-likeness (QED) is 0.806. The average Bonchev–Trinajstić information content (AvgIpc) is 2.76. The van der Waals surface area contributed by atoms with E-state index in [2.05, 4.69) is 16.6 Å². The molecule has 98 valence electrons. The number of amides is 2. The number of hydrogen-bond acceptors (Lipinski definition) is 2. The van der Waals surface area contributed by atoms with Gasteiger partial charge in [-0.05, 0) is 24.1 Å². The van der Waals surface area contributed by atoms with Crippen LogP contribution in [-0.4, -0.2) is 17.9 Å². The molecule has 1 aromatic rings. The molecule has 2 N–H and O–H groups in total. The van der Waals surface area contributed by atoms with Crippen LogP contribution >= 0.6 is 0 Å². The molecule has 1 aliphatic rings. The molecule has 19 heavy (non-hydrogen) atoms. The molecule has 0 saturated carbocycles. The largest absolute Gasteiger partial charge is 0.348 e. The summed E-state index contributed by atoms with van der Waals surface area (Å²) in [7, 11) is 0. The van der Waals surface area contributed by atoms with Crippen molar-refractivity contribution in [3.8, 4) is 12.3 Å². The molecule has 0 fully saturated rings. The van der Waals surface area contributed by atoms with Crippen LogP contribution < -0.4 is 10.6 Å². The summed E-state index contributed by atoms with van der Waals surface area (Å²) < 4.78 is 0. The van der Waals surface area contributed by atoms with Crippen LogP contribution in [0.2, 0.25) is 0 Å². The van der Waals surface area contributed by atoms with E-state index in [9.17, 15) is 9.59 Å². The van der Waals surface area contributed by atoms with Crippen LogP contribution in [0.4, 0.5) is 5.69 Å². The monoisotopic (exact) mass is 256 g/mol. The van der Waals surface area contributed by atoms with Gasteiger partial charge in [0.15, 0.2) is 0 Å². The lowest BCUT2D eigenvalue weighted by Crippen LogP contribution is -2.34. The van der Waals surface area contributed by atoms with Gasteiger partial charge in [0.25, 0.3) is 5.91 Å². The molecule has 4 heteroatoms. The Morgan fingerprint density at radius 2 is 2.37 bits per heavy atom. The van der Waals surface area contributed by atoms with Crippen molar-refractivity contribution in [2.45, 2.75) is 32.2 Å². The second kappa shape index (κ2) is 5.57. The SMILES string of the molecule is C#CCC(CC)NC(=O)c1ccc2c(c1)NC(=O)C2. The van der Waals surface area contributed by atoms with Gasteiger partial charge in [-0.3, -0.25) is 9.59 Å². The molecule has 1 unspecified atom stereocenters. The molecular formula is C15H16N2O2. The number of terminal acetylenes is 1. The Labute approximate surface area is 112 Å². The molecule has 0 radical (unpaired) electrons. The van der Waals surface area contributed by atoms with Crippen molar-refractivity contribution in [1.82, 2.24) is 5.32 Å². The summed E-state index contributed by atoms with van der Waals surface area (Å²) in [4.78, 5) is 23.3. The van der Waals surface area contributed by atoms with Crippen LogP contribution in [0, 0.1) is 12.3 Å². The van der Waals surface area contributed by atoms with Crippen molar-refractivity contribution in [1.29, 1.82) is 0 Å². The molecule has 0 saturated heterocycles. The summed E-state index contributed by atoms with van der Waals surface area (Å²) in [6.45, 7) is 1.98. The normalized spacial score (nSPS) is 14.2. The molecule has 1 atom stereocenters. The average molecular weight is 256 g/mol. The highest BCUT2D eigenvalue weighted by Crippen LogP contribution is 2.24. The van der Waals surface area contributed by atoms with Crippen molar-refractivity contribution in [2.75, 3.05) is 5.32 Å². The number of nitrogens with one attached hydrogen (secondary N) is 2. The maximum atomic E-state index is 12.1. The van der Waals surface area contributed by atoms with Crippen LogP contribution in [0.5, 0.6) is 0 Å². The minimum Gasteiger partial charge on any atom is -0.348 e. The van der Waals surface area contributed by atoms with Gasteiger partial charge in [0.05, 0.1) is 6.42 Å². The molecule has 0 bridgehead atoms. The van der Waals surface area contributed by atoms with E-state index in [1.165, 1.54) is 0 Å². The smallest absolute Gasteiger partial charge is 0.251 e. The predicted octanol–water partition coefficient (Wildman–Crippen LogP) is 1.71. The highest BCUT2D eigenvalue weighted by atomic mass is 16.2. The predicted molar refractivity (Wildman–Crippen MR) is 73.8 cm³/mol. The molecule has 1 aromatic carbocycles. The third-order valence-corrected chi connectivity index (χ3v) is 3.19. The number of hydrogen-bond donors (Lipinski definition) is 2. The summed E-state index contributed by atoms with van der Waals surface area (Å²) in [5.74, 6) is 2.35. The summed E-state index contributed by atoms with van der Waals surface area (Å²) in [6, 6.07) is 5.24. The Morgan fingerprint density at radius 1 is 1.58 bits per heavy atom. The molecule has 1 aliphatic heterocycles. The number of benzene rings is 1. The third-order valence-electron chi connectivity index (χ3n) is 3.19. The van der Waals surface area contributed by atoms with Crippen LogP contribution in [-0.2, 0) is 11.2 Å². The van der Waals surface area contributed by atoms with Gasteiger partial charge in [0.2, 0.25) is 5.91 Å². The van der Waals surface area contributed by atoms with E-state index in [0.717, 1.165) is 17.7 Å². The highest BCUT2D eigenvalue weighted by molar-refractivity contribution is 6.02. The van der Waals surface area contributed by atoms with Crippen LogP contribution in [0.3, 0.4) is 0 Å². The van der Waals surface area contributed by atoms with Crippen molar-refractivity contribution in [2.24, 2.45) is 0 Å². The van der Waals surface area contributed by atoms with Crippen LogP contribution in [0.1, 0.15) is 35.7 Å². The van der Waals surface area contributed by atoms with Crippen molar-refractivity contribution < 1.29 is 9.59 Å². The standard InChI is InChI=1S/C15H16N2O2/c1-3-5-12(4-2)16-15(19)11-7-6-10-9-14(18)17-13(10)8-11/h1,6-8,12H,4-5,9H2,2H3,(H,16,19)(H,17,18). The Morgan fingerprint density at radius 3 is 3.05 bits per heavy atom. The fourth-order valence-electron chi connectivity index (χ4n) is 2.06. The van der Waals surface area contributed by atoms with Gasteiger partial charge in [0, 0.05) is 23.7 Å². The van der Waals surface area contributed by atoms with E-state index in [-0.39, 0.29) is 17.9 Å². The van der Waals surface area contributed by atoms with Gasteiger partial charge in [-0.25, -0.2) is 0 Å². The molecule has 0 spiro atoms. The first-order chi connectivity index (χ1) is 9.13. The minimum absolute atomic E-state index is 0.0136. The van der Waals surface area contributed by atoms with Gasteiger partial charge in [0.1, 0.15) is 0 Å². The number of fused-ring (bicyclic) bond motifs is 1. The lowest BCUT2D eigenvalue weighted by atomic mass is 10.1. The second-order valence-electron chi connectivity index (χ2n) is 4.58. The van der Waals surface area contributed by atoms with Gasteiger partial charge in [-0.1, -0.05) is 13.0 Å². The summed E-state index contributed by atoms with van der Waals surface area (Å²) in [5, 5.41) is 5.63. The van der Waals surface area contributed by atoms with Crippen LogP contribution in [0.25, 0.3) is 0 Å². The number of carbonyl (C=O) groups excluding carboxylic acids is 2. The first-order valence-electron chi connectivity index (χ1n) is 6.31. The van der Waals surface area contributed by atoms with Crippen molar-refractivity contribution in [3.63, 3.8) is 0 Å². The molecule has 0 aliphatic carbocycles. The highest BCUT2D eigenvalue weighted by Gasteiger charge is 2.19. The van der Waals surface area contributed by atoms with Crippen LogP contribution in [0.15, 0.2) is 18.2 Å². The van der Waals surface area contributed by atoms with Crippen molar-refractivity contribution >= 4 is 17.5 Å². The number of anilines is 1. The second-order valence-corrected chi connectivity index (χ2v) is 4.58. The molecule has 2 rings (SSSR count).